The van der Waals surface area contributed by atoms with Crippen LogP contribution in [0.4, 0.5) is 24.7 Å². The second-order valence-electron chi connectivity index (χ2n) is 8.48. The molecule has 3 nitrogen and oxygen atoms in total. The molecule has 3 aromatic carbocycles. The molecule has 1 aliphatic heterocycles. The molecule has 1 atom stereocenters. The molecule has 0 saturated carbocycles. The molecule has 0 radical (unpaired) electrons. The molecule has 1 amide bonds. The van der Waals surface area contributed by atoms with Crippen molar-refractivity contribution in [3.05, 3.63) is 113 Å². The van der Waals surface area contributed by atoms with E-state index in [0.29, 0.717) is 28.2 Å². The molecule has 1 unspecified atom stereocenters. The number of aromatic nitrogens is 1. The second-order valence-corrected chi connectivity index (χ2v) is 8.88. The van der Waals surface area contributed by atoms with Gasteiger partial charge in [0.05, 0.1) is 16.1 Å². The van der Waals surface area contributed by atoms with Crippen LogP contribution in [0.5, 0.6) is 0 Å². The summed E-state index contributed by atoms with van der Waals surface area (Å²) in [7, 11) is 0. The smallest absolute Gasteiger partial charge is 0.243 e. The Labute approximate surface area is 199 Å². The van der Waals surface area contributed by atoms with Crippen LogP contribution < -0.4 is 4.90 Å². The van der Waals surface area contributed by atoms with E-state index in [1.807, 2.05) is 12.1 Å². The van der Waals surface area contributed by atoms with Gasteiger partial charge in [0.1, 0.15) is 23.3 Å². The summed E-state index contributed by atoms with van der Waals surface area (Å²) in [6.45, 7) is 1.75. The Kier molecular flexibility index (Phi) is 5.41. The van der Waals surface area contributed by atoms with Crippen molar-refractivity contribution in [3.8, 4) is 11.1 Å². The van der Waals surface area contributed by atoms with E-state index in [-0.39, 0.29) is 17.4 Å². The number of hydrogen-bond acceptors (Lipinski definition) is 2. The summed E-state index contributed by atoms with van der Waals surface area (Å²) in [4.78, 5) is 19.7. The van der Waals surface area contributed by atoms with E-state index in [0.717, 1.165) is 11.6 Å². The Morgan fingerprint density at radius 2 is 1.62 bits per heavy atom. The quantitative estimate of drug-likeness (QED) is 0.316. The van der Waals surface area contributed by atoms with Gasteiger partial charge in [-0.2, -0.15) is 0 Å². The van der Waals surface area contributed by atoms with Gasteiger partial charge in [-0.15, -0.1) is 0 Å². The highest BCUT2D eigenvalue weighted by molar-refractivity contribution is 6.31. The normalized spacial score (nSPS) is 17.2. The van der Waals surface area contributed by atoms with Crippen molar-refractivity contribution >= 4 is 29.0 Å². The van der Waals surface area contributed by atoms with Crippen LogP contribution in [0.25, 0.3) is 11.1 Å². The number of amides is 1. The van der Waals surface area contributed by atoms with Crippen LogP contribution in [0.2, 0.25) is 5.02 Å². The molecular formula is C27H18ClF3N2O. The van der Waals surface area contributed by atoms with Crippen LogP contribution in [0.15, 0.2) is 79.0 Å². The third kappa shape index (κ3) is 3.74. The van der Waals surface area contributed by atoms with Gasteiger partial charge in [0.25, 0.3) is 0 Å². The zero-order valence-electron chi connectivity index (χ0n) is 18.0. The Balaban J connectivity index is 1.68. The molecule has 0 N–H and O–H groups in total. The van der Waals surface area contributed by atoms with Crippen molar-refractivity contribution in [2.24, 2.45) is 0 Å². The number of benzene rings is 3. The first kappa shape index (κ1) is 22.2. The minimum Gasteiger partial charge on any atom is -0.273 e. The van der Waals surface area contributed by atoms with E-state index < -0.39 is 22.9 Å². The van der Waals surface area contributed by atoms with Gasteiger partial charge in [-0.3, -0.25) is 9.69 Å². The number of carbonyl (C=O) groups excluding carboxylic acids is 1. The van der Waals surface area contributed by atoms with Gasteiger partial charge in [0.15, 0.2) is 0 Å². The average molecular weight is 479 g/mol. The van der Waals surface area contributed by atoms with Crippen molar-refractivity contribution in [2.75, 3.05) is 4.90 Å². The van der Waals surface area contributed by atoms with E-state index in [2.05, 4.69) is 4.98 Å². The molecule has 0 bridgehead atoms. The third-order valence-electron chi connectivity index (χ3n) is 6.12. The lowest BCUT2D eigenvalue weighted by molar-refractivity contribution is -0.122. The van der Waals surface area contributed by atoms with E-state index in [4.69, 9.17) is 11.6 Å². The van der Waals surface area contributed by atoms with Crippen molar-refractivity contribution in [1.29, 1.82) is 0 Å². The fourth-order valence-electron chi connectivity index (χ4n) is 4.51. The molecule has 34 heavy (non-hydrogen) atoms. The number of nitrogens with zero attached hydrogens (tertiary/aromatic N) is 2. The summed E-state index contributed by atoms with van der Waals surface area (Å²) in [5, 5.41) is -0.0119. The lowest BCUT2D eigenvalue weighted by Gasteiger charge is -2.24. The van der Waals surface area contributed by atoms with Crippen LogP contribution in [-0.4, -0.2) is 10.9 Å². The van der Waals surface area contributed by atoms with Gasteiger partial charge in [0, 0.05) is 12.3 Å². The minimum absolute atomic E-state index is 0.0119. The van der Waals surface area contributed by atoms with Gasteiger partial charge in [0.2, 0.25) is 5.91 Å². The molecule has 170 valence electrons. The van der Waals surface area contributed by atoms with Crippen LogP contribution in [0.3, 0.4) is 0 Å². The summed E-state index contributed by atoms with van der Waals surface area (Å²) in [5.74, 6) is -1.76. The average Bonchev–Trinajstić information content (AvgIpc) is 3.01. The second kappa shape index (κ2) is 8.29. The standard InChI is InChI=1S/C27H18ClF3N2O/c1-27(15-16-10-19(29)14-20(30)11-16)21-12-17(18-5-7-23(31)22(28)13-18)6-8-24(21)33(26(27)34)25-4-2-3-9-32-25/h2-14H,15H2,1H3. The molecule has 0 fully saturated rings. The van der Waals surface area contributed by atoms with Gasteiger partial charge < -0.3 is 0 Å². The van der Waals surface area contributed by atoms with Crippen LogP contribution >= 0.6 is 11.6 Å². The fourth-order valence-corrected chi connectivity index (χ4v) is 4.69. The molecule has 2 heterocycles. The molecular weight excluding hydrogens is 461 g/mol. The van der Waals surface area contributed by atoms with Gasteiger partial charge in [-0.1, -0.05) is 29.8 Å². The highest BCUT2D eigenvalue weighted by atomic mass is 35.5. The molecule has 1 aromatic heterocycles. The lowest BCUT2D eigenvalue weighted by Crippen LogP contribution is -2.38. The summed E-state index contributed by atoms with van der Waals surface area (Å²) in [5.41, 5.74) is 1.93. The molecule has 5 rings (SSSR count). The molecule has 4 aromatic rings. The van der Waals surface area contributed by atoms with E-state index in [1.165, 1.54) is 29.2 Å². The predicted octanol–water partition coefficient (Wildman–Crippen LogP) is 7.00. The molecule has 7 heteroatoms. The number of pyridine rings is 1. The van der Waals surface area contributed by atoms with Crippen LogP contribution in [0.1, 0.15) is 18.1 Å². The number of hydrogen-bond donors (Lipinski definition) is 0. The van der Waals surface area contributed by atoms with E-state index >= 15 is 0 Å². The third-order valence-corrected chi connectivity index (χ3v) is 6.41. The maximum absolute atomic E-state index is 13.9. The highest BCUT2D eigenvalue weighted by Crippen LogP contribution is 2.48. The Morgan fingerprint density at radius 3 is 2.29 bits per heavy atom. The summed E-state index contributed by atoms with van der Waals surface area (Å²) >= 11 is 5.98. The van der Waals surface area contributed by atoms with Gasteiger partial charge >= 0.3 is 0 Å². The summed E-state index contributed by atoms with van der Waals surface area (Å²) < 4.78 is 41.6. The monoisotopic (exact) mass is 478 g/mol. The first-order chi connectivity index (χ1) is 16.3. The minimum atomic E-state index is -1.13. The predicted molar refractivity (Wildman–Crippen MR) is 126 cm³/mol. The SMILES string of the molecule is CC1(Cc2cc(F)cc(F)c2)C(=O)N(c2ccccn2)c2ccc(-c3ccc(F)c(Cl)c3)cc21. The van der Waals surface area contributed by atoms with Gasteiger partial charge in [-0.25, -0.2) is 18.2 Å². The Morgan fingerprint density at radius 1 is 0.912 bits per heavy atom. The first-order valence-electron chi connectivity index (χ1n) is 10.6. The summed E-state index contributed by atoms with van der Waals surface area (Å²) in [6, 6.07) is 18.4. The number of anilines is 2. The van der Waals surface area contributed by atoms with E-state index in [9.17, 15) is 18.0 Å². The van der Waals surface area contributed by atoms with Crippen molar-refractivity contribution in [3.63, 3.8) is 0 Å². The summed E-state index contributed by atoms with van der Waals surface area (Å²) in [6.07, 6.45) is 1.67. The van der Waals surface area contributed by atoms with E-state index in [1.54, 1.807) is 43.5 Å². The maximum atomic E-state index is 13.9. The zero-order valence-corrected chi connectivity index (χ0v) is 18.8. The Hall–Kier alpha value is -3.64. The number of halogens is 4. The molecule has 0 saturated heterocycles. The fraction of sp³-hybridized carbons (Fsp3) is 0.111. The van der Waals surface area contributed by atoms with Crippen molar-refractivity contribution < 1.29 is 18.0 Å². The molecule has 0 aliphatic carbocycles. The Bertz CT molecular complexity index is 1410. The number of rotatable bonds is 4. The maximum Gasteiger partial charge on any atom is 0.243 e. The lowest BCUT2D eigenvalue weighted by atomic mass is 9.77. The largest absolute Gasteiger partial charge is 0.273 e. The van der Waals surface area contributed by atoms with Crippen LogP contribution in [0, 0.1) is 17.5 Å². The molecule has 1 aliphatic rings. The zero-order chi connectivity index (χ0) is 24.0. The van der Waals surface area contributed by atoms with Crippen molar-refractivity contribution in [2.45, 2.75) is 18.8 Å². The highest BCUT2D eigenvalue weighted by Gasteiger charge is 2.48. The van der Waals surface area contributed by atoms with Crippen LogP contribution in [-0.2, 0) is 16.6 Å². The number of fused-ring (bicyclic) bond motifs is 1. The molecule has 0 spiro atoms. The van der Waals surface area contributed by atoms with Crippen molar-refractivity contribution in [1.82, 2.24) is 4.98 Å². The topological polar surface area (TPSA) is 33.2 Å². The first-order valence-corrected chi connectivity index (χ1v) is 10.9. The van der Waals surface area contributed by atoms with Gasteiger partial charge in [-0.05, 0) is 84.1 Å². The number of carbonyl (C=O) groups is 1.